The molecule has 41 heavy (non-hydrogen) atoms. The minimum Gasteiger partial charge on any atom is -0.382 e. The molecule has 0 saturated carbocycles. The molecule has 14 heteroatoms. The Morgan fingerprint density at radius 1 is 0.951 bits per heavy atom. The third-order valence-electron chi connectivity index (χ3n) is 7.67. The zero-order valence-electron chi connectivity index (χ0n) is 22.3. The summed E-state index contributed by atoms with van der Waals surface area (Å²) in [5.74, 6) is 0.249. The van der Waals surface area contributed by atoms with Crippen LogP contribution in [0.1, 0.15) is 36.8 Å². The van der Waals surface area contributed by atoms with Crippen LogP contribution >= 0.6 is 0 Å². The van der Waals surface area contributed by atoms with Crippen LogP contribution in [0.15, 0.2) is 42.5 Å². The number of nitrogens with one attached hydrogen (secondary N) is 1. The molecule has 1 N–H and O–H groups in total. The molecule has 2 aromatic rings. The topological polar surface area (TPSA) is 82.0 Å². The number of amides is 2. The SMILES string of the molecule is CN(CC1CCN(c2ccc(C(F)(F)F)cc2)CC1)C(=O)N1CCC(Nc2ccc([N+](=O)[O-])c(C(F)(F)F)c2)CC1. The van der Waals surface area contributed by atoms with Crippen LogP contribution < -0.4 is 10.2 Å². The number of nitro groups is 1. The lowest BCUT2D eigenvalue weighted by molar-refractivity contribution is -0.388. The number of rotatable bonds is 6. The monoisotopic (exact) mass is 587 g/mol. The van der Waals surface area contributed by atoms with Crippen molar-refractivity contribution >= 4 is 23.1 Å². The molecule has 8 nitrogen and oxygen atoms in total. The lowest BCUT2D eigenvalue weighted by Crippen LogP contribution is -2.49. The fourth-order valence-electron chi connectivity index (χ4n) is 5.40. The van der Waals surface area contributed by atoms with Crippen molar-refractivity contribution in [3.8, 4) is 0 Å². The average molecular weight is 588 g/mol. The van der Waals surface area contributed by atoms with E-state index in [1.807, 2.05) is 4.90 Å². The number of hydrogen-bond donors (Lipinski definition) is 1. The number of nitrogens with zero attached hydrogens (tertiary/aromatic N) is 4. The minimum atomic E-state index is -4.86. The van der Waals surface area contributed by atoms with Crippen molar-refractivity contribution in [2.45, 2.75) is 44.1 Å². The number of anilines is 2. The maximum absolute atomic E-state index is 13.3. The zero-order chi connectivity index (χ0) is 29.9. The first-order valence-electron chi connectivity index (χ1n) is 13.3. The highest BCUT2D eigenvalue weighted by molar-refractivity contribution is 5.74. The van der Waals surface area contributed by atoms with Crippen LogP contribution in [-0.4, -0.2) is 66.6 Å². The van der Waals surface area contributed by atoms with Crippen LogP contribution in [0, 0.1) is 16.0 Å². The molecule has 0 bridgehead atoms. The van der Waals surface area contributed by atoms with Gasteiger partial charge in [-0.3, -0.25) is 10.1 Å². The molecule has 0 aromatic heterocycles. The van der Waals surface area contributed by atoms with Crippen LogP contribution in [-0.2, 0) is 12.4 Å². The van der Waals surface area contributed by atoms with Crippen molar-refractivity contribution in [1.82, 2.24) is 9.80 Å². The third kappa shape index (κ3) is 7.53. The third-order valence-corrected chi connectivity index (χ3v) is 7.67. The van der Waals surface area contributed by atoms with Gasteiger partial charge >= 0.3 is 18.4 Å². The van der Waals surface area contributed by atoms with E-state index in [-0.39, 0.29) is 23.7 Å². The van der Waals surface area contributed by atoms with Gasteiger partial charge in [-0.2, -0.15) is 26.3 Å². The number of urea groups is 1. The van der Waals surface area contributed by atoms with E-state index in [1.165, 1.54) is 18.2 Å². The number of carbonyl (C=O) groups is 1. The summed E-state index contributed by atoms with van der Waals surface area (Å²) in [7, 11) is 1.73. The molecule has 0 atom stereocenters. The smallest absolute Gasteiger partial charge is 0.382 e. The van der Waals surface area contributed by atoms with Gasteiger partial charge in [-0.1, -0.05) is 0 Å². The second-order valence-electron chi connectivity index (χ2n) is 10.5. The van der Waals surface area contributed by atoms with Crippen LogP contribution in [0.5, 0.6) is 0 Å². The first-order valence-corrected chi connectivity index (χ1v) is 13.3. The summed E-state index contributed by atoms with van der Waals surface area (Å²) < 4.78 is 78.3. The summed E-state index contributed by atoms with van der Waals surface area (Å²) in [4.78, 5) is 28.4. The summed E-state index contributed by atoms with van der Waals surface area (Å²) in [6.07, 6.45) is -6.64. The summed E-state index contributed by atoms with van der Waals surface area (Å²) in [5.41, 5.74) is -2.13. The van der Waals surface area contributed by atoms with Crippen molar-refractivity contribution in [3.05, 3.63) is 63.7 Å². The van der Waals surface area contributed by atoms with E-state index >= 15 is 0 Å². The molecule has 2 heterocycles. The molecule has 2 saturated heterocycles. The first kappa shape index (κ1) is 30.3. The van der Waals surface area contributed by atoms with Gasteiger partial charge in [-0.05, 0) is 68.0 Å². The number of halogens is 6. The summed E-state index contributed by atoms with van der Waals surface area (Å²) in [6.45, 7) is 2.71. The van der Waals surface area contributed by atoms with Crippen molar-refractivity contribution in [1.29, 1.82) is 0 Å². The molecule has 0 aliphatic carbocycles. The number of benzene rings is 2. The van der Waals surface area contributed by atoms with Crippen LogP contribution in [0.3, 0.4) is 0 Å². The second-order valence-corrected chi connectivity index (χ2v) is 10.5. The predicted molar refractivity (Wildman–Crippen MR) is 141 cm³/mol. The Balaban J connectivity index is 1.23. The van der Waals surface area contributed by atoms with Gasteiger partial charge in [0.2, 0.25) is 0 Å². The molecule has 224 valence electrons. The average Bonchev–Trinajstić information content (AvgIpc) is 2.92. The van der Waals surface area contributed by atoms with Crippen molar-refractivity contribution in [3.63, 3.8) is 0 Å². The van der Waals surface area contributed by atoms with E-state index in [4.69, 9.17) is 0 Å². The highest BCUT2D eigenvalue weighted by Crippen LogP contribution is 2.38. The van der Waals surface area contributed by atoms with Crippen molar-refractivity contribution in [2.75, 3.05) is 50.0 Å². The number of likely N-dealkylation sites (tertiary alicyclic amines) is 1. The highest BCUT2D eigenvalue weighted by atomic mass is 19.4. The predicted octanol–water partition coefficient (Wildman–Crippen LogP) is 6.48. The van der Waals surface area contributed by atoms with Gasteiger partial charge in [0.1, 0.15) is 5.56 Å². The van der Waals surface area contributed by atoms with E-state index in [0.29, 0.717) is 45.6 Å². The van der Waals surface area contributed by atoms with E-state index in [9.17, 15) is 41.3 Å². The van der Waals surface area contributed by atoms with Gasteiger partial charge in [-0.15, -0.1) is 0 Å². The van der Waals surface area contributed by atoms with Crippen LogP contribution in [0.2, 0.25) is 0 Å². The number of piperidine rings is 2. The number of nitro benzene ring substituents is 1. The molecule has 0 spiro atoms. The van der Waals surface area contributed by atoms with Crippen molar-refractivity contribution < 1.29 is 36.1 Å². The summed E-state index contributed by atoms with van der Waals surface area (Å²) >= 11 is 0. The minimum absolute atomic E-state index is 0.132. The highest BCUT2D eigenvalue weighted by Gasteiger charge is 2.39. The van der Waals surface area contributed by atoms with Crippen LogP contribution in [0.25, 0.3) is 0 Å². The summed E-state index contributed by atoms with van der Waals surface area (Å²) in [5, 5.41) is 14.0. The number of alkyl halides is 6. The van der Waals surface area contributed by atoms with Gasteiger partial charge in [-0.25, -0.2) is 4.79 Å². The molecule has 0 radical (unpaired) electrons. The van der Waals surface area contributed by atoms with Crippen molar-refractivity contribution in [2.24, 2.45) is 5.92 Å². The fraction of sp³-hybridized carbons (Fsp3) is 0.519. The Labute approximate surface area is 233 Å². The van der Waals surface area contributed by atoms with E-state index < -0.39 is 34.1 Å². The van der Waals surface area contributed by atoms with Gasteiger partial charge < -0.3 is 20.0 Å². The van der Waals surface area contributed by atoms with Gasteiger partial charge in [0, 0.05) is 63.3 Å². The van der Waals surface area contributed by atoms with E-state index in [1.54, 1.807) is 16.8 Å². The lowest BCUT2D eigenvalue weighted by Gasteiger charge is -2.38. The molecule has 2 amide bonds. The molecular weight excluding hydrogens is 556 g/mol. The fourth-order valence-corrected chi connectivity index (χ4v) is 5.40. The van der Waals surface area contributed by atoms with Gasteiger partial charge in [0.15, 0.2) is 0 Å². The normalized spacial score (nSPS) is 17.4. The Hall–Kier alpha value is -3.71. The van der Waals surface area contributed by atoms with E-state index in [2.05, 4.69) is 5.32 Å². The first-order chi connectivity index (χ1) is 19.2. The molecule has 2 aliphatic rings. The van der Waals surface area contributed by atoms with Gasteiger partial charge in [0.25, 0.3) is 5.69 Å². The zero-order valence-corrected chi connectivity index (χ0v) is 22.3. The number of hydrogen-bond acceptors (Lipinski definition) is 5. The Morgan fingerprint density at radius 3 is 2.10 bits per heavy atom. The Bertz CT molecular complexity index is 1220. The molecule has 2 fully saturated rings. The van der Waals surface area contributed by atoms with Crippen LogP contribution in [0.4, 0.5) is 48.2 Å². The standard InChI is InChI=1S/C27H31F6N5O3/c1-35(17-18-8-12-36(13-9-18)22-5-2-19(3-6-22)26(28,29)30)25(39)37-14-10-20(11-15-37)34-21-4-7-24(38(40)41)23(16-21)27(31,32)33/h2-7,16,18,20,34H,8-15,17H2,1H3. The molecule has 2 aromatic carbocycles. The van der Waals surface area contributed by atoms with E-state index in [0.717, 1.165) is 42.8 Å². The summed E-state index contributed by atoms with van der Waals surface area (Å²) in [6, 6.07) is 7.63. The Morgan fingerprint density at radius 2 is 1.56 bits per heavy atom. The maximum Gasteiger partial charge on any atom is 0.423 e. The molecular formula is C27H31F6N5O3. The maximum atomic E-state index is 13.3. The molecule has 2 aliphatic heterocycles. The van der Waals surface area contributed by atoms with Gasteiger partial charge in [0.05, 0.1) is 10.5 Å². The quantitative estimate of drug-likeness (QED) is 0.238. The Kier molecular flexibility index (Phi) is 8.88. The number of carbonyl (C=O) groups excluding carboxylic acids is 1. The molecule has 0 unspecified atom stereocenters. The largest absolute Gasteiger partial charge is 0.423 e. The lowest BCUT2D eigenvalue weighted by atomic mass is 9.95. The molecule has 4 rings (SSSR count). The second kappa shape index (κ2) is 12.0.